The molecule has 0 spiro atoms. The van der Waals surface area contributed by atoms with Crippen LogP contribution >= 0.6 is 15.9 Å². The minimum Gasteiger partial charge on any atom is -0.306 e. The molecular formula is C15H14BrF2N. The Kier molecular flexibility index (Phi) is 4.66. The molecule has 0 aliphatic carbocycles. The van der Waals surface area contributed by atoms with Crippen molar-refractivity contribution in [3.63, 3.8) is 0 Å². The zero-order chi connectivity index (χ0) is 13.8. The summed E-state index contributed by atoms with van der Waals surface area (Å²) in [5.41, 5.74) is 1.38. The van der Waals surface area contributed by atoms with E-state index >= 15 is 0 Å². The van der Waals surface area contributed by atoms with Gasteiger partial charge in [0.15, 0.2) is 0 Å². The van der Waals surface area contributed by atoms with Crippen LogP contribution in [0, 0.1) is 11.6 Å². The minimum absolute atomic E-state index is 0.289. The maximum Gasteiger partial charge on any atom is 0.131 e. The Morgan fingerprint density at radius 1 is 1.16 bits per heavy atom. The molecule has 4 heteroatoms. The van der Waals surface area contributed by atoms with Crippen LogP contribution in [0.5, 0.6) is 0 Å². The van der Waals surface area contributed by atoms with Crippen LogP contribution in [0.2, 0.25) is 0 Å². The van der Waals surface area contributed by atoms with E-state index in [1.807, 2.05) is 31.2 Å². The van der Waals surface area contributed by atoms with Gasteiger partial charge in [-0.05, 0) is 30.3 Å². The van der Waals surface area contributed by atoms with Gasteiger partial charge in [-0.1, -0.05) is 41.1 Å². The van der Waals surface area contributed by atoms with Crippen LogP contribution in [-0.2, 0) is 0 Å². The fourth-order valence-electron chi connectivity index (χ4n) is 2.03. The Labute approximate surface area is 119 Å². The molecule has 2 rings (SSSR count). The minimum atomic E-state index is -0.564. The summed E-state index contributed by atoms with van der Waals surface area (Å²) in [6, 6.07) is 11.0. The topological polar surface area (TPSA) is 12.0 Å². The number of rotatable bonds is 4. The molecule has 1 N–H and O–H groups in total. The van der Waals surface area contributed by atoms with Gasteiger partial charge in [-0.3, -0.25) is 0 Å². The van der Waals surface area contributed by atoms with Crippen molar-refractivity contribution in [2.24, 2.45) is 0 Å². The Morgan fingerprint density at radius 2 is 1.95 bits per heavy atom. The Balaban J connectivity index is 2.45. The van der Waals surface area contributed by atoms with Gasteiger partial charge in [-0.15, -0.1) is 0 Å². The highest BCUT2D eigenvalue weighted by Crippen LogP contribution is 2.26. The predicted molar refractivity (Wildman–Crippen MR) is 76.0 cm³/mol. The van der Waals surface area contributed by atoms with E-state index in [2.05, 4.69) is 21.2 Å². The van der Waals surface area contributed by atoms with Gasteiger partial charge >= 0.3 is 0 Å². The van der Waals surface area contributed by atoms with Crippen LogP contribution in [0.4, 0.5) is 8.78 Å². The predicted octanol–water partition coefficient (Wildman–Crippen LogP) is 4.43. The standard InChI is InChI=1S/C15H14BrF2N/c1-2-19-15(10-4-3-5-11(16)8-10)13-7-6-12(17)9-14(13)18/h3-9,15,19H,2H2,1H3. The fourth-order valence-corrected chi connectivity index (χ4v) is 2.45. The number of benzene rings is 2. The second kappa shape index (κ2) is 6.26. The number of hydrogen-bond acceptors (Lipinski definition) is 1. The lowest BCUT2D eigenvalue weighted by Gasteiger charge is -2.20. The largest absolute Gasteiger partial charge is 0.306 e. The lowest BCUT2D eigenvalue weighted by molar-refractivity contribution is 0.541. The summed E-state index contributed by atoms with van der Waals surface area (Å²) in [6.07, 6.45) is 0. The molecule has 0 heterocycles. The molecule has 0 amide bonds. The molecule has 0 radical (unpaired) electrons. The maximum atomic E-state index is 13.9. The van der Waals surface area contributed by atoms with E-state index in [0.717, 1.165) is 16.1 Å². The second-order valence-corrected chi connectivity index (χ2v) is 5.13. The first-order valence-electron chi connectivity index (χ1n) is 6.05. The molecule has 19 heavy (non-hydrogen) atoms. The van der Waals surface area contributed by atoms with E-state index < -0.39 is 11.6 Å². The van der Waals surface area contributed by atoms with Crippen molar-refractivity contribution < 1.29 is 8.78 Å². The van der Waals surface area contributed by atoms with E-state index in [0.29, 0.717) is 12.1 Å². The van der Waals surface area contributed by atoms with Crippen LogP contribution in [0.15, 0.2) is 46.9 Å². The molecule has 2 aromatic rings. The monoisotopic (exact) mass is 325 g/mol. The summed E-state index contributed by atoms with van der Waals surface area (Å²) in [4.78, 5) is 0. The van der Waals surface area contributed by atoms with Crippen LogP contribution in [0.3, 0.4) is 0 Å². The molecule has 0 saturated carbocycles. The van der Waals surface area contributed by atoms with Crippen molar-refractivity contribution in [3.05, 3.63) is 69.7 Å². The summed E-state index contributed by atoms with van der Waals surface area (Å²) in [6.45, 7) is 2.64. The van der Waals surface area contributed by atoms with Gasteiger partial charge in [-0.25, -0.2) is 8.78 Å². The van der Waals surface area contributed by atoms with E-state index in [1.54, 1.807) is 0 Å². The molecular weight excluding hydrogens is 312 g/mol. The second-order valence-electron chi connectivity index (χ2n) is 4.21. The Bertz CT molecular complexity index is 572. The molecule has 1 unspecified atom stereocenters. The van der Waals surface area contributed by atoms with Crippen molar-refractivity contribution in [3.8, 4) is 0 Å². The number of nitrogens with one attached hydrogen (secondary N) is 1. The normalized spacial score (nSPS) is 12.4. The smallest absolute Gasteiger partial charge is 0.131 e. The lowest BCUT2D eigenvalue weighted by atomic mass is 9.98. The SMILES string of the molecule is CCNC(c1cccc(Br)c1)c1ccc(F)cc1F. The number of halogens is 3. The first-order valence-corrected chi connectivity index (χ1v) is 6.85. The quantitative estimate of drug-likeness (QED) is 0.877. The van der Waals surface area contributed by atoms with Gasteiger partial charge in [-0.2, -0.15) is 0 Å². The van der Waals surface area contributed by atoms with Gasteiger partial charge in [0.1, 0.15) is 11.6 Å². The van der Waals surface area contributed by atoms with E-state index in [-0.39, 0.29) is 6.04 Å². The fraction of sp³-hybridized carbons (Fsp3) is 0.200. The molecule has 0 aliphatic heterocycles. The van der Waals surface area contributed by atoms with Crippen LogP contribution in [-0.4, -0.2) is 6.54 Å². The van der Waals surface area contributed by atoms with Crippen LogP contribution in [0.1, 0.15) is 24.1 Å². The zero-order valence-corrected chi connectivity index (χ0v) is 12.0. The highest BCUT2D eigenvalue weighted by Gasteiger charge is 2.17. The third-order valence-corrected chi connectivity index (χ3v) is 3.36. The summed E-state index contributed by atoms with van der Waals surface area (Å²) in [7, 11) is 0. The van der Waals surface area contributed by atoms with E-state index in [9.17, 15) is 8.78 Å². The first-order chi connectivity index (χ1) is 9.11. The lowest BCUT2D eigenvalue weighted by Crippen LogP contribution is -2.23. The molecule has 1 atom stereocenters. The van der Waals surface area contributed by atoms with Crippen molar-refractivity contribution in [1.29, 1.82) is 0 Å². The van der Waals surface area contributed by atoms with Crippen molar-refractivity contribution >= 4 is 15.9 Å². The molecule has 0 aromatic heterocycles. The van der Waals surface area contributed by atoms with Crippen LogP contribution in [0.25, 0.3) is 0 Å². The maximum absolute atomic E-state index is 13.9. The molecule has 0 bridgehead atoms. The van der Waals surface area contributed by atoms with Crippen LogP contribution < -0.4 is 5.32 Å². The Morgan fingerprint density at radius 3 is 2.58 bits per heavy atom. The molecule has 0 saturated heterocycles. The van der Waals surface area contributed by atoms with E-state index in [1.165, 1.54) is 12.1 Å². The van der Waals surface area contributed by atoms with Gasteiger partial charge in [0.05, 0.1) is 6.04 Å². The number of hydrogen-bond donors (Lipinski definition) is 1. The zero-order valence-electron chi connectivity index (χ0n) is 10.5. The molecule has 0 fully saturated rings. The molecule has 100 valence electrons. The third-order valence-electron chi connectivity index (χ3n) is 2.86. The average Bonchev–Trinajstić information content (AvgIpc) is 2.37. The summed E-state index contributed by atoms with van der Waals surface area (Å²) in [5.74, 6) is -1.10. The Hall–Kier alpha value is -1.26. The summed E-state index contributed by atoms with van der Waals surface area (Å²) >= 11 is 3.40. The van der Waals surface area contributed by atoms with Gasteiger partial charge in [0.25, 0.3) is 0 Å². The highest BCUT2D eigenvalue weighted by molar-refractivity contribution is 9.10. The van der Waals surface area contributed by atoms with Crippen molar-refractivity contribution in [1.82, 2.24) is 5.32 Å². The van der Waals surface area contributed by atoms with Crippen molar-refractivity contribution in [2.75, 3.05) is 6.54 Å². The average molecular weight is 326 g/mol. The first kappa shape index (κ1) is 14.2. The molecule has 0 aliphatic rings. The van der Waals surface area contributed by atoms with E-state index in [4.69, 9.17) is 0 Å². The third kappa shape index (κ3) is 3.39. The van der Waals surface area contributed by atoms with Gasteiger partial charge < -0.3 is 5.32 Å². The molecule has 1 nitrogen and oxygen atoms in total. The summed E-state index contributed by atoms with van der Waals surface area (Å²) < 4.78 is 27.8. The summed E-state index contributed by atoms with van der Waals surface area (Å²) in [5, 5.41) is 3.22. The highest BCUT2D eigenvalue weighted by atomic mass is 79.9. The van der Waals surface area contributed by atoms with Crippen molar-refractivity contribution in [2.45, 2.75) is 13.0 Å². The van der Waals surface area contributed by atoms with Gasteiger partial charge in [0.2, 0.25) is 0 Å². The molecule has 2 aromatic carbocycles. The van der Waals surface area contributed by atoms with Gasteiger partial charge in [0, 0.05) is 16.1 Å².